The zero-order valence-corrected chi connectivity index (χ0v) is 10.9. The lowest BCUT2D eigenvalue weighted by atomic mass is 10.2. The summed E-state index contributed by atoms with van der Waals surface area (Å²) in [6.07, 6.45) is 1.53. The third-order valence-corrected chi connectivity index (χ3v) is 3.31. The van der Waals surface area contributed by atoms with E-state index in [9.17, 15) is 4.79 Å². The quantitative estimate of drug-likeness (QED) is 0.614. The number of aromatic nitrogens is 4. The van der Waals surface area contributed by atoms with Gasteiger partial charge in [-0.15, -0.1) is 0 Å². The zero-order chi connectivity index (χ0) is 14.4. The van der Waals surface area contributed by atoms with Crippen molar-refractivity contribution in [3.8, 4) is 0 Å². The summed E-state index contributed by atoms with van der Waals surface area (Å²) in [5.74, 6) is 0.545. The van der Waals surface area contributed by atoms with Crippen LogP contribution in [0, 0.1) is 0 Å². The number of fused-ring (bicyclic) bond motifs is 2. The minimum atomic E-state index is -0.112. The maximum absolute atomic E-state index is 11.9. The predicted octanol–water partition coefficient (Wildman–Crippen LogP) is 1.03. The summed E-state index contributed by atoms with van der Waals surface area (Å²) in [7, 11) is 0. The van der Waals surface area contributed by atoms with Crippen molar-refractivity contribution < 1.29 is 4.79 Å². The van der Waals surface area contributed by atoms with E-state index in [1.54, 1.807) is 4.90 Å². The van der Waals surface area contributed by atoms with Crippen LogP contribution in [0.25, 0.3) is 11.2 Å². The number of benzene rings is 1. The Morgan fingerprint density at radius 1 is 1.24 bits per heavy atom. The van der Waals surface area contributed by atoms with Gasteiger partial charge < -0.3 is 20.9 Å². The molecule has 3 aromatic rings. The zero-order valence-electron chi connectivity index (χ0n) is 10.9. The number of H-pyrrole nitrogens is 1. The van der Waals surface area contributed by atoms with Gasteiger partial charge in [-0.25, -0.2) is 4.98 Å². The maximum atomic E-state index is 11.9. The number of nitrogens with one attached hydrogen (secondary N) is 2. The molecule has 2 aromatic heterocycles. The Kier molecular flexibility index (Phi) is 2.31. The molecule has 1 aromatic carbocycles. The van der Waals surface area contributed by atoms with Crippen molar-refractivity contribution in [3.05, 3.63) is 30.6 Å². The molecule has 8 heteroatoms. The Hall–Kier alpha value is -3.16. The van der Waals surface area contributed by atoms with Crippen molar-refractivity contribution >= 4 is 40.2 Å². The molecule has 0 bridgehead atoms. The number of imidazole rings is 1. The molecule has 8 nitrogen and oxygen atoms in total. The lowest BCUT2D eigenvalue weighted by Crippen LogP contribution is -2.35. The molecular formula is C13H11N7O. The Balaban J connectivity index is 1.96. The van der Waals surface area contributed by atoms with Crippen LogP contribution in [0.3, 0.4) is 0 Å². The van der Waals surface area contributed by atoms with Gasteiger partial charge in [0, 0.05) is 0 Å². The first kappa shape index (κ1) is 11.6. The van der Waals surface area contributed by atoms with Crippen LogP contribution in [0.1, 0.15) is 0 Å². The van der Waals surface area contributed by atoms with Crippen LogP contribution in [0.2, 0.25) is 0 Å². The molecule has 0 radical (unpaired) electrons. The van der Waals surface area contributed by atoms with E-state index in [1.807, 2.05) is 24.3 Å². The van der Waals surface area contributed by atoms with Gasteiger partial charge in [-0.05, 0) is 12.1 Å². The summed E-state index contributed by atoms with van der Waals surface area (Å²) in [5, 5.41) is 2.84. The topological polar surface area (TPSA) is 113 Å². The monoisotopic (exact) mass is 281 g/mol. The van der Waals surface area contributed by atoms with Crippen molar-refractivity contribution in [2.75, 3.05) is 22.5 Å². The van der Waals surface area contributed by atoms with Crippen LogP contribution in [0.15, 0.2) is 30.6 Å². The van der Waals surface area contributed by atoms with Crippen molar-refractivity contribution in [3.63, 3.8) is 0 Å². The number of hydrogen-bond donors (Lipinski definition) is 3. The van der Waals surface area contributed by atoms with E-state index in [0.29, 0.717) is 17.0 Å². The molecule has 4 N–H and O–H groups in total. The van der Waals surface area contributed by atoms with E-state index in [-0.39, 0.29) is 18.4 Å². The number of nitrogens with zero attached hydrogens (tertiary/aromatic N) is 4. The summed E-state index contributed by atoms with van der Waals surface area (Å²) >= 11 is 0. The number of aromatic amines is 1. The standard InChI is InChI=1S/C13H11N7O/c14-13-18-11-10(15-6-16-11)12(19-13)20-5-9(21)17-7-3-1-2-4-8(7)20/h1-4,6H,5H2,(H,17,21)(H3,14,15,16,18,19). The highest BCUT2D eigenvalue weighted by Gasteiger charge is 2.26. The third kappa shape index (κ3) is 1.76. The first-order valence-electron chi connectivity index (χ1n) is 6.35. The van der Waals surface area contributed by atoms with Gasteiger partial charge in [0.15, 0.2) is 11.5 Å². The number of nitrogens with two attached hydrogens (primary N) is 1. The first-order chi connectivity index (χ1) is 10.2. The van der Waals surface area contributed by atoms with Crippen LogP contribution in [-0.4, -0.2) is 32.4 Å². The third-order valence-electron chi connectivity index (χ3n) is 3.31. The van der Waals surface area contributed by atoms with E-state index in [0.717, 1.165) is 11.4 Å². The molecule has 0 spiro atoms. The molecule has 0 aliphatic carbocycles. The van der Waals surface area contributed by atoms with Crippen LogP contribution >= 0.6 is 0 Å². The Bertz CT molecular complexity index is 857. The minimum absolute atomic E-state index is 0.112. The second-order valence-corrected chi connectivity index (χ2v) is 4.66. The van der Waals surface area contributed by atoms with Crippen molar-refractivity contribution in [2.45, 2.75) is 0 Å². The summed E-state index contributed by atoms with van der Waals surface area (Å²) in [6, 6.07) is 7.52. The highest BCUT2D eigenvalue weighted by atomic mass is 16.2. The molecule has 21 heavy (non-hydrogen) atoms. The molecule has 1 aliphatic rings. The van der Waals surface area contributed by atoms with E-state index in [1.165, 1.54) is 6.33 Å². The Morgan fingerprint density at radius 2 is 2.10 bits per heavy atom. The second-order valence-electron chi connectivity index (χ2n) is 4.66. The summed E-state index contributed by atoms with van der Waals surface area (Å²) in [4.78, 5) is 29.1. The van der Waals surface area contributed by atoms with Gasteiger partial charge in [0.1, 0.15) is 12.1 Å². The number of carbonyl (C=O) groups is 1. The minimum Gasteiger partial charge on any atom is -0.368 e. The van der Waals surface area contributed by atoms with Crippen molar-refractivity contribution in [1.82, 2.24) is 19.9 Å². The molecule has 0 unspecified atom stereocenters. The molecule has 4 rings (SSSR count). The van der Waals surface area contributed by atoms with Crippen molar-refractivity contribution in [1.29, 1.82) is 0 Å². The van der Waals surface area contributed by atoms with E-state index in [4.69, 9.17) is 5.73 Å². The molecule has 0 saturated carbocycles. The van der Waals surface area contributed by atoms with Gasteiger partial charge in [0.25, 0.3) is 0 Å². The SMILES string of the molecule is Nc1nc(N2CC(=O)Nc3ccccc32)c2[nH]cnc2n1. The first-order valence-corrected chi connectivity index (χ1v) is 6.35. The molecule has 0 saturated heterocycles. The van der Waals surface area contributed by atoms with Gasteiger partial charge in [-0.1, -0.05) is 12.1 Å². The fraction of sp³-hybridized carbons (Fsp3) is 0.0769. The summed E-state index contributed by atoms with van der Waals surface area (Å²) < 4.78 is 0. The fourth-order valence-corrected chi connectivity index (χ4v) is 2.45. The molecule has 1 aliphatic heterocycles. The van der Waals surface area contributed by atoms with Crippen LogP contribution in [-0.2, 0) is 4.79 Å². The van der Waals surface area contributed by atoms with E-state index in [2.05, 4.69) is 25.3 Å². The Labute approximate surface area is 119 Å². The van der Waals surface area contributed by atoms with Gasteiger partial charge in [0.05, 0.1) is 17.7 Å². The highest BCUT2D eigenvalue weighted by molar-refractivity contribution is 6.04. The van der Waals surface area contributed by atoms with Crippen LogP contribution in [0.5, 0.6) is 0 Å². The molecule has 3 heterocycles. The predicted molar refractivity (Wildman–Crippen MR) is 78.2 cm³/mol. The average molecular weight is 281 g/mol. The fourth-order valence-electron chi connectivity index (χ4n) is 2.45. The molecule has 1 amide bonds. The average Bonchev–Trinajstić information content (AvgIpc) is 2.93. The van der Waals surface area contributed by atoms with E-state index < -0.39 is 0 Å². The number of anilines is 4. The number of hydrogen-bond acceptors (Lipinski definition) is 6. The lowest BCUT2D eigenvalue weighted by molar-refractivity contribution is -0.115. The molecule has 0 fully saturated rings. The van der Waals surface area contributed by atoms with Gasteiger partial charge in [-0.2, -0.15) is 9.97 Å². The number of nitrogen functional groups attached to an aromatic ring is 1. The van der Waals surface area contributed by atoms with E-state index >= 15 is 0 Å². The van der Waals surface area contributed by atoms with Gasteiger partial charge in [0.2, 0.25) is 11.9 Å². The van der Waals surface area contributed by atoms with Gasteiger partial charge >= 0.3 is 0 Å². The smallest absolute Gasteiger partial charge is 0.244 e. The normalized spacial score (nSPS) is 14.1. The van der Waals surface area contributed by atoms with Crippen LogP contribution < -0.4 is 16.0 Å². The van der Waals surface area contributed by atoms with Gasteiger partial charge in [-0.3, -0.25) is 4.79 Å². The molecule has 104 valence electrons. The number of amides is 1. The second kappa shape index (κ2) is 4.17. The maximum Gasteiger partial charge on any atom is 0.244 e. The summed E-state index contributed by atoms with van der Waals surface area (Å²) in [5.41, 5.74) is 8.45. The Morgan fingerprint density at radius 3 is 3.00 bits per heavy atom. The largest absolute Gasteiger partial charge is 0.368 e. The highest BCUT2D eigenvalue weighted by Crippen LogP contribution is 2.36. The number of carbonyl (C=O) groups excluding carboxylic acids is 1. The molecular weight excluding hydrogens is 270 g/mol. The number of rotatable bonds is 1. The van der Waals surface area contributed by atoms with Crippen LogP contribution in [0.4, 0.5) is 23.1 Å². The number of para-hydroxylation sites is 2. The summed E-state index contributed by atoms with van der Waals surface area (Å²) in [6.45, 7) is 0.154. The van der Waals surface area contributed by atoms with Crippen molar-refractivity contribution in [2.24, 2.45) is 0 Å². The molecule has 0 atom stereocenters. The lowest BCUT2D eigenvalue weighted by Gasteiger charge is -2.30.